The molecule has 0 radical (unpaired) electrons. The third-order valence-corrected chi connectivity index (χ3v) is 7.25. The number of amides is 1. The number of carbonyl (C=O) groups excluding carboxylic acids is 2. The second kappa shape index (κ2) is 9.72. The molecular formula is C21H23F4N5O3S2. The van der Waals surface area contributed by atoms with Gasteiger partial charge in [-0.1, -0.05) is 0 Å². The summed E-state index contributed by atoms with van der Waals surface area (Å²) in [5, 5.41) is 12.6. The molecule has 14 heteroatoms. The average Bonchev–Trinajstić information content (AvgIpc) is 3.08. The molecule has 2 aliphatic carbocycles. The van der Waals surface area contributed by atoms with E-state index in [1.165, 1.54) is 29.1 Å². The maximum Gasteiger partial charge on any atom is 0.341 e. The van der Waals surface area contributed by atoms with Crippen LogP contribution in [0.2, 0.25) is 0 Å². The van der Waals surface area contributed by atoms with Crippen LogP contribution in [0.1, 0.15) is 52.7 Å². The van der Waals surface area contributed by atoms with Crippen LogP contribution in [-0.4, -0.2) is 45.3 Å². The summed E-state index contributed by atoms with van der Waals surface area (Å²) >= 11 is 6.51. The van der Waals surface area contributed by atoms with Crippen molar-refractivity contribution in [1.82, 2.24) is 15.1 Å². The van der Waals surface area contributed by atoms with Gasteiger partial charge >= 0.3 is 5.97 Å². The van der Waals surface area contributed by atoms with Gasteiger partial charge in [-0.15, -0.1) is 11.3 Å². The van der Waals surface area contributed by atoms with Crippen LogP contribution in [0.25, 0.3) is 0 Å². The Labute approximate surface area is 207 Å². The first kappa shape index (κ1) is 25.4. The lowest BCUT2D eigenvalue weighted by atomic mass is 9.91. The van der Waals surface area contributed by atoms with Gasteiger partial charge in [0.15, 0.2) is 5.11 Å². The standard InChI is InChI=1S/C21H23F4N5O3S2/c1-3-33-19(32)15-10-6-9(26-20(34)27-14-7-12(16(22)23)29-30(14)2)4-5-13(10)35-18(15)28-17(31)11-8-21(11,24)25/h7,9,11,16H,3-6,8H2,1-2H3,(H,28,31)(H2,26,27,34)/t9-,11+/m0/s1. The van der Waals surface area contributed by atoms with Gasteiger partial charge in [0, 0.05) is 30.5 Å². The van der Waals surface area contributed by atoms with Crippen molar-refractivity contribution in [3.8, 4) is 0 Å². The Hall–Kier alpha value is -2.74. The van der Waals surface area contributed by atoms with Gasteiger partial charge in [0.2, 0.25) is 5.91 Å². The van der Waals surface area contributed by atoms with Crippen molar-refractivity contribution in [3.63, 3.8) is 0 Å². The highest BCUT2D eigenvalue weighted by Crippen LogP contribution is 2.49. The maximum atomic E-state index is 13.3. The fourth-order valence-electron chi connectivity index (χ4n) is 3.96. The summed E-state index contributed by atoms with van der Waals surface area (Å²) < 4.78 is 58.8. The van der Waals surface area contributed by atoms with Crippen LogP contribution < -0.4 is 16.0 Å². The number of nitrogens with one attached hydrogen (secondary N) is 3. The Morgan fingerprint density at radius 1 is 1.37 bits per heavy atom. The fraction of sp³-hybridized carbons (Fsp3) is 0.524. The third kappa shape index (κ3) is 5.42. The van der Waals surface area contributed by atoms with E-state index >= 15 is 0 Å². The smallest absolute Gasteiger partial charge is 0.341 e. The number of nitrogens with zero attached hydrogens (tertiary/aromatic N) is 2. The lowest BCUT2D eigenvalue weighted by molar-refractivity contribution is -0.119. The van der Waals surface area contributed by atoms with Crippen molar-refractivity contribution >= 4 is 51.4 Å². The monoisotopic (exact) mass is 533 g/mol. The van der Waals surface area contributed by atoms with E-state index in [1.807, 2.05) is 0 Å². The zero-order chi connectivity index (χ0) is 25.5. The van der Waals surface area contributed by atoms with Crippen LogP contribution >= 0.6 is 23.6 Å². The van der Waals surface area contributed by atoms with Crippen LogP contribution in [-0.2, 0) is 29.4 Å². The van der Waals surface area contributed by atoms with E-state index in [4.69, 9.17) is 17.0 Å². The number of carbonyl (C=O) groups is 2. The molecule has 2 aromatic rings. The molecule has 4 rings (SSSR count). The van der Waals surface area contributed by atoms with Gasteiger partial charge in [0.1, 0.15) is 22.4 Å². The molecule has 0 spiro atoms. The largest absolute Gasteiger partial charge is 0.462 e. The van der Waals surface area contributed by atoms with Gasteiger partial charge in [-0.25, -0.2) is 22.4 Å². The van der Waals surface area contributed by atoms with Gasteiger partial charge < -0.3 is 20.7 Å². The Morgan fingerprint density at radius 3 is 2.69 bits per heavy atom. The summed E-state index contributed by atoms with van der Waals surface area (Å²) in [5.74, 6) is -5.59. The summed E-state index contributed by atoms with van der Waals surface area (Å²) in [6, 6.07) is 0.998. The number of thiocarbonyl (C=S) groups is 1. The van der Waals surface area contributed by atoms with Gasteiger partial charge in [-0.05, 0) is 44.0 Å². The predicted molar refractivity (Wildman–Crippen MR) is 125 cm³/mol. The van der Waals surface area contributed by atoms with Gasteiger partial charge in [-0.2, -0.15) is 5.10 Å². The summed E-state index contributed by atoms with van der Waals surface area (Å²) in [7, 11) is 1.51. The number of anilines is 2. The lowest BCUT2D eigenvalue weighted by Gasteiger charge is -2.25. The Balaban J connectivity index is 1.48. The number of hydrogen-bond donors (Lipinski definition) is 3. The van der Waals surface area contributed by atoms with E-state index in [0.717, 1.165) is 4.88 Å². The molecule has 2 atom stereocenters. The van der Waals surface area contributed by atoms with Gasteiger partial charge in [0.25, 0.3) is 12.3 Å². The quantitative estimate of drug-likeness (QED) is 0.281. The van der Waals surface area contributed by atoms with E-state index in [-0.39, 0.29) is 34.0 Å². The molecule has 1 saturated carbocycles. The summed E-state index contributed by atoms with van der Waals surface area (Å²) in [6.45, 7) is 1.75. The Bertz CT molecular complexity index is 1170. The summed E-state index contributed by atoms with van der Waals surface area (Å²) in [6.07, 6.45) is -1.66. The van der Waals surface area contributed by atoms with Crippen LogP contribution in [0.3, 0.4) is 0 Å². The first-order chi connectivity index (χ1) is 16.5. The van der Waals surface area contributed by atoms with E-state index in [1.54, 1.807) is 6.92 Å². The maximum absolute atomic E-state index is 13.3. The molecule has 190 valence electrons. The zero-order valence-electron chi connectivity index (χ0n) is 18.8. The number of esters is 1. The van der Waals surface area contributed by atoms with E-state index in [0.29, 0.717) is 30.6 Å². The van der Waals surface area contributed by atoms with Crippen molar-refractivity contribution in [1.29, 1.82) is 0 Å². The Morgan fingerprint density at radius 2 is 2.09 bits per heavy atom. The minimum atomic E-state index is -3.02. The van der Waals surface area contributed by atoms with Crippen molar-refractivity contribution in [2.24, 2.45) is 13.0 Å². The first-order valence-corrected chi connectivity index (χ1v) is 12.1. The van der Waals surface area contributed by atoms with Crippen LogP contribution in [0.5, 0.6) is 0 Å². The molecule has 8 nitrogen and oxygen atoms in total. The molecule has 3 N–H and O–H groups in total. The molecule has 0 bridgehead atoms. The highest BCUT2D eigenvalue weighted by Gasteiger charge is 2.61. The molecule has 1 fully saturated rings. The molecule has 2 heterocycles. The second-order valence-electron chi connectivity index (χ2n) is 8.35. The third-order valence-electron chi connectivity index (χ3n) is 5.82. The number of halogens is 4. The van der Waals surface area contributed by atoms with Crippen molar-refractivity contribution in [2.75, 3.05) is 17.2 Å². The molecule has 2 aliphatic rings. The topological polar surface area (TPSA) is 97.3 Å². The SMILES string of the molecule is CCOC(=O)c1c(NC(=O)[C@H]2CC2(F)F)sc2c1C[C@@H](NC(=S)Nc1cc(C(F)F)nn1C)CC2. The van der Waals surface area contributed by atoms with Gasteiger partial charge in [-0.3, -0.25) is 9.48 Å². The number of aryl methyl sites for hydroxylation is 2. The van der Waals surface area contributed by atoms with Crippen LogP contribution in [0.15, 0.2) is 6.07 Å². The summed E-state index contributed by atoms with van der Waals surface area (Å²) in [4.78, 5) is 25.8. The second-order valence-corrected chi connectivity index (χ2v) is 9.87. The average molecular weight is 534 g/mol. The normalized spacial score (nSPS) is 20.2. The number of alkyl halides is 4. The van der Waals surface area contributed by atoms with Gasteiger partial charge in [0.05, 0.1) is 12.2 Å². The molecule has 0 aliphatic heterocycles. The molecule has 35 heavy (non-hydrogen) atoms. The van der Waals surface area contributed by atoms with Crippen LogP contribution in [0.4, 0.5) is 28.4 Å². The van der Waals surface area contributed by atoms with E-state index < -0.39 is 36.6 Å². The molecule has 0 aromatic carbocycles. The van der Waals surface area contributed by atoms with E-state index in [9.17, 15) is 27.2 Å². The number of rotatable bonds is 7. The fourth-order valence-corrected chi connectivity index (χ4v) is 5.47. The number of aromatic nitrogens is 2. The number of ether oxygens (including phenoxy) is 1. The summed E-state index contributed by atoms with van der Waals surface area (Å²) in [5.41, 5.74) is 0.456. The minimum absolute atomic E-state index is 0.110. The first-order valence-electron chi connectivity index (χ1n) is 10.9. The predicted octanol–water partition coefficient (Wildman–Crippen LogP) is 4.03. The molecule has 0 saturated heterocycles. The van der Waals surface area contributed by atoms with Crippen molar-refractivity contribution < 1.29 is 31.9 Å². The molecule has 1 amide bonds. The van der Waals surface area contributed by atoms with Crippen molar-refractivity contribution in [2.45, 2.75) is 51.0 Å². The number of hydrogen-bond acceptors (Lipinski definition) is 6. The minimum Gasteiger partial charge on any atom is -0.462 e. The molecular weight excluding hydrogens is 510 g/mol. The highest BCUT2D eigenvalue weighted by molar-refractivity contribution is 7.80. The molecule has 0 unspecified atom stereocenters. The number of fused-ring (bicyclic) bond motifs is 1. The van der Waals surface area contributed by atoms with Crippen molar-refractivity contribution in [3.05, 3.63) is 27.8 Å². The zero-order valence-corrected chi connectivity index (χ0v) is 20.4. The molecule has 2 aromatic heterocycles. The van der Waals surface area contributed by atoms with Crippen LogP contribution in [0, 0.1) is 5.92 Å². The highest BCUT2D eigenvalue weighted by atomic mass is 32.1. The lowest BCUT2D eigenvalue weighted by Crippen LogP contribution is -2.41. The van der Waals surface area contributed by atoms with E-state index in [2.05, 4.69) is 21.0 Å². The number of thiophene rings is 1. The Kier molecular flexibility index (Phi) is 7.04.